The summed E-state index contributed by atoms with van der Waals surface area (Å²) >= 11 is 0. The number of nitrogens with zero attached hydrogens (tertiary/aromatic N) is 1. The molecule has 0 amide bonds. The van der Waals surface area contributed by atoms with Crippen LogP contribution in [0.1, 0.15) is 17.5 Å². The Balaban J connectivity index is 3.10. The van der Waals surface area contributed by atoms with Gasteiger partial charge in [-0.3, -0.25) is 0 Å². The van der Waals surface area contributed by atoms with Crippen LogP contribution < -0.4 is 9.46 Å². The Hall–Kier alpha value is -1.58. The molecule has 0 radical (unpaired) electrons. The quantitative estimate of drug-likeness (QED) is 0.821. The first-order chi connectivity index (χ1) is 8.42. The van der Waals surface area contributed by atoms with Crippen molar-refractivity contribution in [2.75, 3.05) is 13.7 Å². The third-order valence-electron chi connectivity index (χ3n) is 2.51. The minimum absolute atomic E-state index is 0.114. The molecular weight excluding hydrogens is 252 g/mol. The topological polar surface area (TPSA) is 79.2 Å². The van der Waals surface area contributed by atoms with Gasteiger partial charge in [-0.1, -0.05) is 0 Å². The lowest BCUT2D eigenvalue weighted by Crippen LogP contribution is -2.25. The largest absolute Gasteiger partial charge is 0.496 e. The molecule has 0 aliphatic heterocycles. The molecule has 5 nitrogen and oxygen atoms in total. The molecule has 0 unspecified atom stereocenters. The van der Waals surface area contributed by atoms with Crippen molar-refractivity contribution < 1.29 is 13.2 Å². The van der Waals surface area contributed by atoms with Gasteiger partial charge in [0.1, 0.15) is 5.75 Å². The van der Waals surface area contributed by atoms with Crippen molar-refractivity contribution in [3.63, 3.8) is 0 Å². The molecule has 0 aliphatic rings. The average Bonchev–Trinajstić information content (AvgIpc) is 2.31. The van der Waals surface area contributed by atoms with Crippen LogP contribution in [0.4, 0.5) is 0 Å². The second kappa shape index (κ2) is 5.85. The predicted octanol–water partition coefficient (Wildman–Crippen LogP) is 1.50. The van der Waals surface area contributed by atoms with Gasteiger partial charge in [-0.25, -0.2) is 13.1 Å². The summed E-state index contributed by atoms with van der Waals surface area (Å²) in [6.07, 6.45) is 0.146. The van der Waals surface area contributed by atoms with Crippen LogP contribution in [-0.4, -0.2) is 22.1 Å². The molecule has 1 N–H and O–H groups in total. The van der Waals surface area contributed by atoms with Crippen molar-refractivity contribution in [3.8, 4) is 11.8 Å². The second-order valence-electron chi connectivity index (χ2n) is 3.89. The molecule has 98 valence electrons. The van der Waals surface area contributed by atoms with Gasteiger partial charge < -0.3 is 4.74 Å². The van der Waals surface area contributed by atoms with E-state index in [9.17, 15) is 8.42 Å². The van der Waals surface area contributed by atoms with Gasteiger partial charge in [0.2, 0.25) is 10.0 Å². The Labute approximate surface area is 107 Å². The summed E-state index contributed by atoms with van der Waals surface area (Å²) in [6, 6.07) is 5.15. The molecule has 0 heterocycles. The first kappa shape index (κ1) is 14.5. The molecule has 0 aliphatic carbocycles. The van der Waals surface area contributed by atoms with Crippen molar-refractivity contribution in [1.82, 2.24) is 4.72 Å². The van der Waals surface area contributed by atoms with E-state index in [2.05, 4.69) is 4.72 Å². The number of nitriles is 1. The third-order valence-corrected chi connectivity index (χ3v) is 4.11. The predicted molar refractivity (Wildman–Crippen MR) is 67.9 cm³/mol. The molecule has 1 rings (SSSR count). The first-order valence-corrected chi connectivity index (χ1v) is 6.92. The third kappa shape index (κ3) is 3.22. The molecule has 0 atom stereocenters. The van der Waals surface area contributed by atoms with Crippen LogP contribution in [0.15, 0.2) is 17.0 Å². The molecule has 0 saturated heterocycles. The fraction of sp³-hybridized carbons (Fsp3) is 0.417. The molecule has 0 spiro atoms. The van der Waals surface area contributed by atoms with Gasteiger partial charge in [-0.2, -0.15) is 5.26 Å². The van der Waals surface area contributed by atoms with Gasteiger partial charge in [0.05, 0.1) is 18.1 Å². The number of ether oxygens (including phenoxy) is 1. The van der Waals surface area contributed by atoms with Crippen molar-refractivity contribution in [2.45, 2.75) is 25.2 Å². The van der Waals surface area contributed by atoms with E-state index in [-0.39, 0.29) is 17.9 Å². The number of sulfonamides is 1. The summed E-state index contributed by atoms with van der Waals surface area (Å²) in [6.45, 7) is 3.61. The number of benzene rings is 1. The zero-order valence-corrected chi connectivity index (χ0v) is 11.5. The summed E-state index contributed by atoms with van der Waals surface area (Å²) in [4.78, 5) is 0.221. The monoisotopic (exact) mass is 268 g/mol. The van der Waals surface area contributed by atoms with Crippen LogP contribution >= 0.6 is 0 Å². The van der Waals surface area contributed by atoms with E-state index in [0.29, 0.717) is 11.3 Å². The molecular formula is C12H16N2O3S. The van der Waals surface area contributed by atoms with Gasteiger partial charge in [0.15, 0.2) is 0 Å². The Morgan fingerprint density at radius 1 is 1.33 bits per heavy atom. The van der Waals surface area contributed by atoms with Crippen molar-refractivity contribution >= 4 is 10.0 Å². The standard InChI is InChI=1S/C12H16N2O3S/c1-9-8-12(10(2)7-11(9)17-3)18(15,16)14-6-4-5-13/h7-8,14H,4,6H2,1-3H3. The number of nitrogens with one attached hydrogen (secondary N) is 1. The molecule has 1 aromatic carbocycles. The first-order valence-electron chi connectivity index (χ1n) is 5.44. The van der Waals surface area contributed by atoms with Gasteiger partial charge in [-0.15, -0.1) is 0 Å². The smallest absolute Gasteiger partial charge is 0.240 e. The fourth-order valence-corrected chi connectivity index (χ4v) is 2.93. The lowest BCUT2D eigenvalue weighted by molar-refractivity contribution is 0.411. The van der Waals surface area contributed by atoms with E-state index in [4.69, 9.17) is 10.00 Å². The molecule has 6 heteroatoms. The van der Waals surface area contributed by atoms with Gasteiger partial charge >= 0.3 is 0 Å². The van der Waals surface area contributed by atoms with Crippen LogP contribution in [0.2, 0.25) is 0 Å². The Morgan fingerprint density at radius 3 is 2.56 bits per heavy atom. The minimum atomic E-state index is -3.57. The molecule has 18 heavy (non-hydrogen) atoms. The van der Waals surface area contributed by atoms with E-state index < -0.39 is 10.0 Å². The minimum Gasteiger partial charge on any atom is -0.496 e. The van der Waals surface area contributed by atoms with Crippen LogP contribution in [0.3, 0.4) is 0 Å². The second-order valence-corrected chi connectivity index (χ2v) is 5.63. The van der Waals surface area contributed by atoms with Crippen molar-refractivity contribution in [1.29, 1.82) is 5.26 Å². The van der Waals surface area contributed by atoms with Crippen LogP contribution in [0, 0.1) is 25.2 Å². The maximum absolute atomic E-state index is 12.0. The number of aryl methyl sites for hydroxylation is 2. The van der Waals surface area contributed by atoms with E-state index >= 15 is 0 Å². The van der Waals surface area contributed by atoms with Crippen LogP contribution in [0.25, 0.3) is 0 Å². The lowest BCUT2D eigenvalue weighted by atomic mass is 10.1. The number of methoxy groups -OCH3 is 1. The van der Waals surface area contributed by atoms with E-state index in [0.717, 1.165) is 5.56 Å². The highest BCUT2D eigenvalue weighted by Gasteiger charge is 2.18. The average molecular weight is 268 g/mol. The summed E-state index contributed by atoms with van der Waals surface area (Å²) in [5.41, 5.74) is 1.37. The van der Waals surface area contributed by atoms with E-state index in [1.54, 1.807) is 33.1 Å². The molecule has 0 saturated carbocycles. The summed E-state index contributed by atoms with van der Waals surface area (Å²) in [7, 11) is -2.02. The number of hydrogen-bond acceptors (Lipinski definition) is 4. The van der Waals surface area contributed by atoms with Gasteiger partial charge in [0, 0.05) is 13.0 Å². The van der Waals surface area contributed by atoms with Crippen molar-refractivity contribution in [3.05, 3.63) is 23.3 Å². The van der Waals surface area contributed by atoms with E-state index in [1.165, 1.54) is 0 Å². The lowest BCUT2D eigenvalue weighted by Gasteiger charge is -2.12. The summed E-state index contributed by atoms with van der Waals surface area (Å²) in [5.74, 6) is 0.656. The Bertz CT molecular complexity index is 574. The Kier molecular flexibility index (Phi) is 4.70. The van der Waals surface area contributed by atoms with E-state index in [1.807, 2.05) is 6.07 Å². The maximum atomic E-state index is 12.0. The molecule has 0 fully saturated rings. The highest BCUT2D eigenvalue weighted by atomic mass is 32.2. The summed E-state index contributed by atoms with van der Waals surface area (Å²) < 4.78 is 31.6. The zero-order chi connectivity index (χ0) is 13.8. The van der Waals surface area contributed by atoms with Crippen molar-refractivity contribution in [2.24, 2.45) is 0 Å². The highest BCUT2D eigenvalue weighted by Crippen LogP contribution is 2.25. The molecule has 1 aromatic rings. The fourth-order valence-electron chi connectivity index (χ4n) is 1.59. The normalized spacial score (nSPS) is 11.0. The van der Waals surface area contributed by atoms with Gasteiger partial charge in [0.25, 0.3) is 0 Å². The summed E-state index contributed by atoms with van der Waals surface area (Å²) in [5, 5.41) is 8.40. The van der Waals surface area contributed by atoms with Gasteiger partial charge in [-0.05, 0) is 37.1 Å². The van der Waals surface area contributed by atoms with Crippen LogP contribution in [0.5, 0.6) is 5.75 Å². The number of hydrogen-bond donors (Lipinski definition) is 1. The molecule has 0 aromatic heterocycles. The maximum Gasteiger partial charge on any atom is 0.240 e. The number of rotatable bonds is 5. The van der Waals surface area contributed by atoms with Crippen LogP contribution in [-0.2, 0) is 10.0 Å². The SMILES string of the molecule is COc1cc(C)c(S(=O)(=O)NCCC#N)cc1C. The highest BCUT2D eigenvalue weighted by molar-refractivity contribution is 7.89. The molecule has 0 bridgehead atoms. The zero-order valence-electron chi connectivity index (χ0n) is 10.6. The Morgan fingerprint density at radius 2 is 2.00 bits per heavy atom.